The minimum absolute atomic E-state index is 0.0102. The molecule has 0 saturated carbocycles. The highest BCUT2D eigenvalue weighted by atomic mass is 16.6. The molecule has 6 amide bonds. The number of hydrogen-bond donors (Lipinski definition) is 2. The summed E-state index contributed by atoms with van der Waals surface area (Å²) in [5.74, 6) is -7.74. The molecule has 11 aromatic carbocycles. The maximum absolute atomic E-state index is 16.4. The number of imide groups is 2. The largest absolute Gasteiger partial charge is 0.464 e. The summed E-state index contributed by atoms with van der Waals surface area (Å²) in [5, 5.41) is 46.8. The number of nitrogens with zero attached hydrogens (tertiary/aromatic N) is 6. The van der Waals surface area contributed by atoms with Crippen molar-refractivity contribution in [3.8, 4) is 70.3 Å². The summed E-state index contributed by atoms with van der Waals surface area (Å²) in [6.07, 6.45) is -1.40. The van der Waals surface area contributed by atoms with Crippen LogP contribution in [0.15, 0.2) is 182 Å². The molecule has 2 saturated heterocycles. The monoisotopic (exact) mass is 1410 g/mol. The number of rotatable bonds is 26. The second kappa shape index (κ2) is 28.8. The molecule has 4 atom stereocenters. The van der Waals surface area contributed by atoms with E-state index in [-0.39, 0.29) is 185 Å². The van der Waals surface area contributed by atoms with E-state index in [4.69, 9.17) is 37.9 Å². The molecular formula is C82H56N8O16. The molecule has 4 aliphatic rings. The van der Waals surface area contributed by atoms with E-state index in [1.54, 1.807) is 109 Å². The molecule has 4 unspecified atom stereocenters. The smallest absolute Gasteiger partial charge is 0.329 e. The van der Waals surface area contributed by atoms with Gasteiger partial charge in [-0.15, -0.1) is 0 Å². The Hall–Kier alpha value is -14.0. The topological polar surface area (TPSA) is 343 Å². The normalized spacial score (nSPS) is 15.2. The van der Waals surface area contributed by atoms with Gasteiger partial charge in [-0.3, -0.25) is 38.6 Å². The van der Waals surface area contributed by atoms with Gasteiger partial charge in [-0.2, -0.15) is 21.0 Å². The molecule has 0 bridgehead atoms. The lowest BCUT2D eigenvalue weighted by Gasteiger charge is -2.35. The zero-order valence-electron chi connectivity index (χ0n) is 55.9. The number of carbonyl (C=O) groups is 8. The quantitative estimate of drug-likeness (QED) is 0.0167. The van der Waals surface area contributed by atoms with Crippen LogP contribution in [0.4, 0.5) is 0 Å². The highest BCUT2D eigenvalue weighted by Crippen LogP contribution is 2.58. The summed E-state index contributed by atoms with van der Waals surface area (Å²) in [7, 11) is 0. The number of carbonyl (C=O) groups excluding carboxylic acids is 8. The second-order valence-electron chi connectivity index (χ2n) is 25.4. The number of esters is 2. The van der Waals surface area contributed by atoms with Crippen molar-refractivity contribution in [2.45, 2.75) is 50.0 Å². The van der Waals surface area contributed by atoms with Crippen molar-refractivity contribution in [1.82, 2.24) is 20.4 Å². The van der Waals surface area contributed by atoms with Crippen molar-refractivity contribution in [1.29, 1.82) is 21.0 Å². The van der Waals surface area contributed by atoms with Gasteiger partial charge in [0.1, 0.15) is 71.3 Å². The van der Waals surface area contributed by atoms with Crippen LogP contribution < -0.4 is 29.6 Å². The molecule has 106 heavy (non-hydrogen) atoms. The first-order chi connectivity index (χ1) is 51.6. The van der Waals surface area contributed by atoms with E-state index in [0.717, 1.165) is 9.80 Å². The maximum Gasteiger partial charge on any atom is 0.329 e. The first-order valence-electron chi connectivity index (χ1n) is 33.7. The van der Waals surface area contributed by atoms with Gasteiger partial charge in [-0.05, 0) is 108 Å². The Bertz CT molecular complexity index is 5100. The maximum atomic E-state index is 16.4. The second-order valence-corrected chi connectivity index (χ2v) is 25.4. The van der Waals surface area contributed by atoms with Crippen LogP contribution in [-0.2, 0) is 51.0 Å². The number of nitrogens with one attached hydrogen (secondary N) is 2. The first kappa shape index (κ1) is 67.8. The van der Waals surface area contributed by atoms with E-state index >= 15 is 19.2 Å². The first-order valence-corrected chi connectivity index (χ1v) is 33.7. The van der Waals surface area contributed by atoms with Crippen LogP contribution in [-0.4, -0.2) is 121 Å². The van der Waals surface area contributed by atoms with Gasteiger partial charge >= 0.3 is 11.9 Å². The van der Waals surface area contributed by atoms with Crippen LogP contribution in [0.3, 0.4) is 0 Å². The molecule has 24 heteroatoms. The predicted molar refractivity (Wildman–Crippen MR) is 378 cm³/mol. The van der Waals surface area contributed by atoms with Gasteiger partial charge in [0.25, 0.3) is 23.6 Å². The summed E-state index contributed by atoms with van der Waals surface area (Å²) in [4.78, 5) is 123. The van der Waals surface area contributed by atoms with Gasteiger partial charge in [0, 0.05) is 69.0 Å². The zero-order chi connectivity index (χ0) is 73.3. The van der Waals surface area contributed by atoms with E-state index in [9.17, 15) is 40.2 Å². The summed E-state index contributed by atoms with van der Waals surface area (Å²) in [6, 6.07) is 51.9. The number of amides is 6. The van der Waals surface area contributed by atoms with Crippen LogP contribution in [0.2, 0.25) is 0 Å². The van der Waals surface area contributed by atoms with Gasteiger partial charge < -0.3 is 48.5 Å². The number of benzene rings is 11. The fourth-order valence-electron chi connectivity index (χ4n) is 13.4. The third-order valence-corrected chi connectivity index (χ3v) is 18.4. The lowest BCUT2D eigenvalue weighted by Crippen LogP contribution is -2.52. The Balaban J connectivity index is 1.03. The van der Waals surface area contributed by atoms with E-state index in [1.807, 2.05) is 0 Å². The molecule has 24 nitrogen and oxygen atoms in total. The summed E-state index contributed by atoms with van der Waals surface area (Å²) in [6.45, 7) is 0.557. The van der Waals surface area contributed by atoms with Crippen molar-refractivity contribution in [2.75, 3.05) is 39.5 Å². The van der Waals surface area contributed by atoms with Gasteiger partial charge in [0.15, 0.2) is 0 Å². The molecule has 520 valence electrons. The van der Waals surface area contributed by atoms with Gasteiger partial charge in [0.05, 0.1) is 107 Å². The molecule has 2 N–H and O–H groups in total. The zero-order valence-corrected chi connectivity index (χ0v) is 55.9. The van der Waals surface area contributed by atoms with Crippen LogP contribution in [0, 0.1) is 45.3 Å². The van der Waals surface area contributed by atoms with Gasteiger partial charge in [-0.1, -0.05) is 84.9 Å². The van der Waals surface area contributed by atoms with E-state index in [0.29, 0.717) is 24.3 Å². The van der Waals surface area contributed by atoms with Crippen molar-refractivity contribution >= 4 is 90.5 Å². The molecule has 4 aliphatic heterocycles. The lowest BCUT2D eigenvalue weighted by atomic mass is 9.80. The Labute approximate surface area is 602 Å². The predicted octanol–water partition coefficient (Wildman–Crippen LogP) is 11.7. The average Bonchev–Trinajstić information content (AvgIpc) is 0.964. The molecule has 0 aliphatic carbocycles. The highest BCUT2D eigenvalue weighted by molar-refractivity contribution is 6.45. The summed E-state index contributed by atoms with van der Waals surface area (Å²) < 4.78 is 50.3. The van der Waals surface area contributed by atoms with Crippen molar-refractivity contribution in [3.05, 3.63) is 238 Å². The Morgan fingerprint density at radius 3 is 0.962 bits per heavy atom. The Kier molecular flexibility index (Phi) is 18.4. The molecule has 15 rings (SSSR count). The van der Waals surface area contributed by atoms with E-state index in [1.165, 1.54) is 72.8 Å². The SMILES string of the molecule is N#Cc1cccc(Oc2cc3c4c(cc(Oc5cccc(C#N)c5)c5c6c(Oc7cccc(C#N)c7)cc7c8c(cc(Oc9cccc(C#N)c9)c(c2c45)c86)C(=O)N(C(Cc2ccccc2)C(=O)OCCC(=O)NCC2CO2)C7=O)C(=O)N(C(Cc2ccccc2)C(=O)OCCC(=O)NCC2CO2)C3=O)c1. The highest BCUT2D eigenvalue weighted by Gasteiger charge is 2.47. The summed E-state index contributed by atoms with van der Waals surface area (Å²) >= 11 is 0. The van der Waals surface area contributed by atoms with Crippen molar-refractivity contribution in [2.24, 2.45) is 0 Å². The van der Waals surface area contributed by atoms with Crippen molar-refractivity contribution < 1.29 is 76.3 Å². The molecule has 0 aromatic heterocycles. The van der Waals surface area contributed by atoms with Gasteiger partial charge in [-0.25, -0.2) is 9.59 Å². The Morgan fingerprint density at radius 2 is 0.689 bits per heavy atom. The van der Waals surface area contributed by atoms with Crippen LogP contribution in [0.25, 0.3) is 43.1 Å². The van der Waals surface area contributed by atoms with Crippen LogP contribution in [0.5, 0.6) is 46.0 Å². The molecule has 4 heterocycles. The van der Waals surface area contributed by atoms with Gasteiger partial charge in [0.2, 0.25) is 11.8 Å². The van der Waals surface area contributed by atoms with Crippen LogP contribution in [0.1, 0.15) is 87.7 Å². The number of fused-ring (bicyclic) bond motifs is 2. The van der Waals surface area contributed by atoms with E-state index < -0.39 is 72.7 Å². The fourth-order valence-corrected chi connectivity index (χ4v) is 13.4. The third kappa shape index (κ3) is 13.5. The van der Waals surface area contributed by atoms with Crippen LogP contribution >= 0.6 is 0 Å². The Morgan fingerprint density at radius 1 is 0.396 bits per heavy atom. The van der Waals surface area contributed by atoms with Crippen molar-refractivity contribution in [3.63, 3.8) is 0 Å². The standard InChI is InChI=1S/C82H56N8O16/c83-37-47-15-7-19-51(27-47)103-63-33-57-69-58(78(94)89(77(57)93)61(31-45-11-3-1-4-12-45)81(97)99-25-23-67(91)87-41-55-43-101-55)34-64(104-52-20-8-16-48(28-52)38-84)72-74-66(106-54-22-10-18-50(30-54)40-86)36-60-70-59(35-65(73(76(70)74)71(63)75(69)72)105-53-21-9-17-49(29-53)39-85)79(95)90(80(60)96)62(32-46-13-5-2-6-14-46)82(98)100-26-24-68(92)88-42-56-44-102-56/h1-22,27-30,33-36,55-56,61-62H,23-26,31-32,41-44H2,(H,87,91)(H,88,92). The third-order valence-electron chi connectivity index (χ3n) is 18.4. The number of epoxide rings is 2. The lowest BCUT2D eigenvalue weighted by molar-refractivity contribution is -0.150. The molecule has 2 fully saturated rings. The number of hydrogen-bond acceptors (Lipinski definition) is 20. The summed E-state index contributed by atoms with van der Waals surface area (Å²) in [5.41, 5.74) is 0.640. The molecular weight excluding hydrogens is 1350 g/mol. The minimum Gasteiger partial charge on any atom is -0.464 e. The molecule has 11 aromatic rings. The number of ether oxygens (including phenoxy) is 8. The minimum atomic E-state index is -1.72. The average molecular weight is 1410 g/mol. The fraction of sp³-hybridized carbons (Fsp3) is 0.171. The molecule has 0 radical (unpaired) electrons. The van der Waals surface area contributed by atoms with E-state index in [2.05, 4.69) is 34.9 Å². The molecule has 0 spiro atoms. The number of nitriles is 4.